The third kappa shape index (κ3) is 3.64. The van der Waals surface area contributed by atoms with E-state index in [0.717, 1.165) is 17.7 Å². The van der Waals surface area contributed by atoms with Crippen LogP contribution in [0, 0.1) is 6.92 Å². The van der Waals surface area contributed by atoms with Gasteiger partial charge in [-0.25, -0.2) is 4.98 Å². The van der Waals surface area contributed by atoms with E-state index in [9.17, 15) is 4.79 Å². The monoisotopic (exact) mass is 355 g/mol. The van der Waals surface area contributed by atoms with Crippen LogP contribution in [0.5, 0.6) is 0 Å². The molecule has 3 aromatic rings. The van der Waals surface area contributed by atoms with Gasteiger partial charge in [0, 0.05) is 16.9 Å². The molecule has 0 saturated carbocycles. The van der Waals surface area contributed by atoms with Gasteiger partial charge in [-0.2, -0.15) is 0 Å². The predicted octanol–water partition coefficient (Wildman–Crippen LogP) is 5.04. The number of aryl methyl sites for hydroxylation is 2. The molecule has 25 heavy (non-hydrogen) atoms. The Labute approximate surface area is 151 Å². The summed E-state index contributed by atoms with van der Waals surface area (Å²) in [5.74, 6) is 0.456. The molecule has 0 unspecified atom stereocenters. The normalized spacial score (nSPS) is 11.1. The van der Waals surface area contributed by atoms with E-state index >= 15 is 0 Å². The minimum Gasteiger partial charge on any atom is -0.360 e. The second kappa shape index (κ2) is 7.19. The summed E-state index contributed by atoms with van der Waals surface area (Å²) in [6.07, 6.45) is 1.01. The van der Waals surface area contributed by atoms with Crippen molar-refractivity contribution in [3.63, 3.8) is 0 Å². The average Bonchev–Trinajstić information content (AvgIpc) is 3.21. The molecule has 6 heteroatoms. The van der Waals surface area contributed by atoms with Gasteiger partial charge < -0.3 is 4.52 Å². The molecule has 0 atom stereocenters. The molecule has 1 amide bonds. The van der Waals surface area contributed by atoms with Crippen molar-refractivity contribution >= 4 is 22.4 Å². The van der Waals surface area contributed by atoms with Gasteiger partial charge in [0.25, 0.3) is 5.91 Å². The molecule has 3 rings (SSSR count). The Bertz CT molecular complexity index is 878. The number of benzene rings is 1. The zero-order chi connectivity index (χ0) is 18.0. The lowest BCUT2D eigenvalue weighted by atomic mass is 10.0. The minimum atomic E-state index is -0.232. The molecule has 0 aliphatic carbocycles. The van der Waals surface area contributed by atoms with E-state index in [1.165, 1.54) is 16.9 Å². The van der Waals surface area contributed by atoms with Gasteiger partial charge in [0.2, 0.25) is 0 Å². The molecular formula is C19H21N3O2S. The van der Waals surface area contributed by atoms with Crippen LogP contribution in [0.25, 0.3) is 11.3 Å². The molecule has 0 bridgehead atoms. The highest BCUT2D eigenvalue weighted by molar-refractivity contribution is 7.14. The van der Waals surface area contributed by atoms with Crippen LogP contribution < -0.4 is 5.32 Å². The number of carbonyl (C=O) groups excluding carboxylic acids is 1. The van der Waals surface area contributed by atoms with Gasteiger partial charge in [-0.15, -0.1) is 11.3 Å². The summed E-state index contributed by atoms with van der Waals surface area (Å²) >= 11 is 1.41. The van der Waals surface area contributed by atoms with Crippen LogP contribution in [0.3, 0.4) is 0 Å². The van der Waals surface area contributed by atoms with E-state index in [1.54, 1.807) is 6.92 Å². The molecular weight excluding hydrogens is 334 g/mol. The Balaban J connectivity index is 1.79. The molecule has 0 saturated heterocycles. The number of hydrogen-bond acceptors (Lipinski definition) is 5. The summed E-state index contributed by atoms with van der Waals surface area (Å²) in [6.45, 7) is 7.84. The van der Waals surface area contributed by atoms with Gasteiger partial charge in [0.15, 0.2) is 10.9 Å². The first-order valence-corrected chi connectivity index (χ1v) is 9.20. The van der Waals surface area contributed by atoms with Crippen molar-refractivity contribution in [1.82, 2.24) is 10.1 Å². The first kappa shape index (κ1) is 17.4. The predicted molar refractivity (Wildman–Crippen MR) is 100 cm³/mol. The maximum atomic E-state index is 12.6. The quantitative estimate of drug-likeness (QED) is 0.696. The molecule has 0 aliphatic rings. The van der Waals surface area contributed by atoms with Gasteiger partial charge in [-0.1, -0.05) is 50.2 Å². The third-order valence-electron chi connectivity index (χ3n) is 4.02. The zero-order valence-electron chi connectivity index (χ0n) is 14.8. The van der Waals surface area contributed by atoms with Crippen LogP contribution >= 0.6 is 11.3 Å². The Kier molecular flexibility index (Phi) is 4.99. The summed E-state index contributed by atoms with van der Waals surface area (Å²) < 4.78 is 5.28. The molecule has 2 aromatic heterocycles. The van der Waals surface area contributed by atoms with Gasteiger partial charge in [0.05, 0.1) is 11.4 Å². The minimum absolute atomic E-state index is 0.0888. The Hall–Kier alpha value is -2.47. The molecule has 2 heterocycles. The number of aromatic nitrogens is 2. The van der Waals surface area contributed by atoms with E-state index in [1.807, 2.05) is 19.2 Å². The van der Waals surface area contributed by atoms with Crippen molar-refractivity contribution in [3.8, 4) is 11.3 Å². The molecule has 1 aromatic carbocycles. The number of nitrogens with one attached hydrogen (secondary N) is 1. The van der Waals surface area contributed by atoms with Gasteiger partial charge >= 0.3 is 0 Å². The summed E-state index contributed by atoms with van der Waals surface area (Å²) in [6, 6.07) is 8.31. The van der Waals surface area contributed by atoms with Crippen molar-refractivity contribution in [2.24, 2.45) is 0 Å². The second-order valence-electron chi connectivity index (χ2n) is 6.20. The summed E-state index contributed by atoms with van der Waals surface area (Å²) in [5.41, 5.74) is 4.27. The number of amides is 1. The lowest BCUT2D eigenvalue weighted by Crippen LogP contribution is -2.14. The van der Waals surface area contributed by atoms with E-state index in [2.05, 4.69) is 46.6 Å². The number of carbonyl (C=O) groups is 1. The van der Waals surface area contributed by atoms with Crippen molar-refractivity contribution in [2.45, 2.75) is 40.0 Å². The van der Waals surface area contributed by atoms with Crippen LogP contribution in [-0.2, 0) is 6.42 Å². The van der Waals surface area contributed by atoms with Gasteiger partial charge in [-0.05, 0) is 18.9 Å². The molecule has 5 nitrogen and oxygen atoms in total. The van der Waals surface area contributed by atoms with Crippen molar-refractivity contribution in [2.75, 3.05) is 5.32 Å². The lowest BCUT2D eigenvalue weighted by Gasteiger charge is -2.04. The van der Waals surface area contributed by atoms with Crippen LogP contribution in [0.15, 0.2) is 34.2 Å². The van der Waals surface area contributed by atoms with Crippen LogP contribution in [0.4, 0.5) is 5.13 Å². The van der Waals surface area contributed by atoms with Crippen LogP contribution in [0.1, 0.15) is 54.1 Å². The SMILES string of the molecule is CCc1ccc(-c2csc(NC(=O)c3c(C)noc3C(C)C)n2)cc1. The van der Waals surface area contributed by atoms with E-state index in [0.29, 0.717) is 22.1 Å². The average molecular weight is 355 g/mol. The number of anilines is 1. The summed E-state index contributed by atoms with van der Waals surface area (Å²) in [5, 5.41) is 9.29. The number of thiazole rings is 1. The standard InChI is InChI=1S/C19H21N3O2S/c1-5-13-6-8-14(9-7-13)15-10-25-19(20-15)21-18(23)16-12(4)22-24-17(16)11(2)3/h6-11H,5H2,1-4H3,(H,20,21,23). The fourth-order valence-electron chi connectivity index (χ4n) is 2.59. The van der Waals surface area contributed by atoms with E-state index in [4.69, 9.17) is 4.52 Å². The summed E-state index contributed by atoms with van der Waals surface area (Å²) in [7, 11) is 0. The molecule has 0 aliphatic heterocycles. The van der Waals surface area contributed by atoms with Gasteiger partial charge in [0.1, 0.15) is 5.56 Å². The Morgan fingerprint density at radius 3 is 2.64 bits per heavy atom. The fraction of sp³-hybridized carbons (Fsp3) is 0.316. The van der Waals surface area contributed by atoms with Crippen molar-refractivity contribution in [3.05, 3.63) is 52.2 Å². The molecule has 1 N–H and O–H groups in total. The highest BCUT2D eigenvalue weighted by Crippen LogP contribution is 2.27. The maximum Gasteiger partial charge on any atom is 0.262 e. The maximum absolute atomic E-state index is 12.6. The summed E-state index contributed by atoms with van der Waals surface area (Å²) in [4.78, 5) is 17.1. The lowest BCUT2D eigenvalue weighted by molar-refractivity contribution is 0.102. The van der Waals surface area contributed by atoms with E-state index < -0.39 is 0 Å². The van der Waals surface area contributed by atoms with Crippen LogP contribution in [-0.4, -0.2) is 16.0 Å². The van der Waals surface area contributed by atoms with Crippen molar-refractivity contribution < 1.29 is 9.32 Å². The number of rotatable bonds is 5. The zero-order valence-corrected chi connectivity index (χ0v) is 15.6. The number of hydrogen-bond donors (Lipinski definition) is 1. The smallest absolute Gasteiger partial charge is 0.262 e. The molecule has 0 fully saturated rings. The van der Waals surface area contributed by atoms with E-state index in [-0.39, 0.29) is 11.8 Å². The fourth-order valence-corrected chi connectivity index (χ4v) is 3.31. The second-order valence-corrected chi connectivity index (χ2v) is 7.06. The molecule has 0 radical (unpaired) electrons. The Morgan fingerprint density at radius 2 is 2.00 bits per heavy atom. The van der Waals surface area contributed by atoms with Gasteiger partial charge in [-0.3, -0.25) is 10.1 Å². The largest absolute Gasteiger partial charge is 0.360 e. The number of nitrogens with zero attached hydrogens (tertiary/aromatic N) is 2. The third-order valence-corrected chi connectivity index (χ3v) is 4.78. The van der Waals surface area contributed by atoms with Crippen molar-refractivity contribution in [1.29, 1.82) is 0 Å². The first-order chi connectivity index (χ1) is 12.0. The topological polar surface area (TPSA) is 68.0 Å². The van der Waals surface area contributed by atoms with Crippen LogP contribution in [0.2, 0.25) is 0 Å². The first-order valence-electron chi connectivity index (χ1n) is 8.32. The molecule has 0 spiro atoms. The highest BCUT2D eigenvalue weighted by Gasteiger charge is 2.23. The molecule has 130 valence electrons. The highest BCUT2D eigenvalue weighted by atomic mass is 32.1. The Morgan fingerprint density at radius 1 is 1.28 bits per heavy atom.